The minimum atomic E-state index is -0.393. The van der Waals surface area contributed by atoms with Crippen molar-refractivity contribution < 1.29 is 14.6 Å². The second-order valence-corrected chi connectivity index (χ2v) is 2.69. The molecule has 3 heteroatoms. The number of carbonyl (C=O) groups excluding carboxylic acids is 1. The Balaban J connectivity index is 2.53. The number of aliphatic hydroxyl groups is 1. The van der Waals surface area contributed by atoms with E-state index < -0.39 is 5.97 Å². The minimum absolute atomic E-state index is 0.154. The zero-order valence-corrected chi connectivity index (χ0v) is 6.86. The summed E-state index contributed by atoms with van der Waals surface area (Å²) in [5, 5.41) is 8.69. The molecule has 2 rings (SSSR count). The molecule has 0 radical (unpaired) electrons. The van der Waals surface area contributed by atoms with Gasteiger partial charge in [-0.15, -0.1) is 0 Å². The monoisotopic (exact) mass is 176 g/mol. The van der Waals surface area contributed by atoms with E-state index in [-0.39, 0.29) is 6.61 Å². The summed E-state index contributed by atoms with van der Waals surface area (Å²) in [4.78, 5) is 11.2. The van der Waals surface area contributed by atoms with Crippen LogP contribution in [-0.4, -0.2) is 17.7 Å². The average Bonchev–Trinajstić information content (AvgIpc) is 2.44. The summed E-state index contributed by atoms with van der Waals surface area (Å²) >= 11 is 0. The van der Waals surface area contributed by atoms with Gasteiger partial charge in [0.05, 0.1) is 12.2 Å². The number of para-hydroxylation sites is 1. The number of esters is 1. The van der Waals surface area contributed by atoms with Crippen LogP contribution in [0.25, 0.3) is 5.57 Å². The Morgan fingerprint density at radius 2 is 2.15 bits per heavy atom. The Hall–Kier alpha value is -1.61. The summed E-state index contributed by atoms with van der Waals surface area (Å²) in [5.41, 5.74) is 1.19. The van der Waals surface area contributed by atoms with Crippen LogP contribution < -0.4 is 4.74 Å². The first-order valence-electron chi connectivity index (χ1n) is 3.95. The predicted molar refractivity (Wildman–Crippen MR) is 47.1 cm³/mol. The smallest absolute Gasteiger partial charge is 0.344 e. The number of hydrogen-bond acceptors (Lipinski definition) is 3. The molecule has 0 aliphatic carbocycles. The highest BCUT2D eigenvalue weighted by atomic mass is 16.5. The normalized spacial score (nSPS) is 17.3. The lowest BCUT2D eigenvalue weighted by Crippen LogP contribution is -2.00. The highest BCUT2D eigenvalue weighted by Crippen LogP contribution is 2.33. The minimum Gasteiger partial charge on any atom is -0.422 e. The summed E-state index contributed by atoms with van der Waals surface area (Å²) in [6, 6.07) is 7.15. The van der Waals surface area contributed by atoms with E-state index in [0.717, 1.165) is 5.56 Å². The maximum Gasteiger partial charge on any atom is 0.344 e. The number of ether oxygens (including phenoxy) is 1. The molecule has 0 unspecified atom stereocenters. The molecule has 1 heterocycles. The van der Waals surface area contributed by atoms with Crippen LogP contribution in [0.3, 0.4) is 0 Å². The Morgan fingerprint density at radius 1 is 1.38 bits per heavy atom. The van der Waals surface area contributed by atoms with Crippen molar-refractivity contribution in [3.8, 4) is 5.75 Å². The fourth-order valence-electron chi connectivity index (χ4n) is 1.33. The summed E-state index contributed by atoms with van der Waals surface area (Å²) in [7, 11) is 0. The molecule has 0 fully saturated rings. The molecule has 1 aromatic rings. The summed E-state index contributed by atoms with van der Waals surface area (Å²) < 4.78 is 4.95. The quantitative estimate of drug-likeness (QED) is 0.394. The number of hydrogen-bond donors (Lipinski definition) is 1. The summed E-state index contributed by atoms with van der Waals surface area (Å²) in [6.07, 6.45) is 1.45. The van der Waals surface area contributed by atoms with E-state index in [0.29, 0.717) is 11.3 Å². The Bertz CT molecular complexity index is 380. The molecule has 0 saturated heterocycles. The van der Waals surface area contributed by atoms with Crippen molar-refractivity contribution in [1.29, 1.82) is 0 Å². The highest BCUT2D eigenvalue weighted by molar-refractivity contribution is 6.21. The first-order valence-corrected chi connectivity index (χ1v) is 3.95. The Labute approximate surface area is 75.3 Å². The molecule has 0 spiro atoms. The third-order valence-corrected chi connectivity index (χ3v) is 1.90. The van der Waals surface area contributed by atoms with Gasteiger partial charge in [0.2, 0.25) is 0 Å². The largest absolute Gasteiger partial charge is 0.422 e. The highest BCUT2D eigenvalue weighted by Gasteiger charge is 2.25. The molecule has 0 atom stereocenters. The van der Waals surface area contributed by atoms with Crippen LogP contribution in [0.15, 0.2) is 30.3 Å². The SMILES string of the molecule is O=C1Oc2ccccc2/C1=C\CO. The van der Waals surface area contributed by atoms with Crippen LogP contribution in [0, 0.1) is 0 Å². The van der Waals surface area contributed by atoms with Crippen molar-refractivity contribution in [1.82, 2.24) is 0 Å². The first-order chi connectivity index (χ1) is 6.33. The van der Waals surface area contributed by atoms with Gasteiger partial charge in [-0.05, 0) is 12.1 Å². The zero-order chi connectivity index (χ0) is 9.26. The molecule has 1 aliphatic rings. The molecule has 3 nitrogen and oxygen atoms in total. The molecule has 0 saturated carbocycles. The van der Waals surface area contributed by atoms with Crippen molar-refractivity contribution in [2.24, 2.45) is 0 Å². The maximum absolute atomic E-state index is 11.2. The van der Waals surface area contributed by atoms with E-state index in [1.54, 1.807) is 18.2 Å². The molecule has 0 aromatic heterocycles. The van der Waals surface area contributed by atoms with Gasteiger partial charge in [0.15, 0.2) is 0 Å². The number of fused-ring (bicyclic) bond motifs is 1. The zero-order valence-electron chi connectivity index (χ0n) is 6.86. The van der Waals surface area contributed by atoms with Crippen molar-refractivity contribution in [2.45, 2.75) is 0 Å². The van der Waals surface area contributed by atoms with E-state index in [9.17, 15) is 4.79 Å². The molecule has 1 aliphatic heterocycles. The van der Waals surface area contributed by atoms with Gasteiger partial charge in [-0.2, -0.15) is 0 Å². The first kappa shape index (κ1) is 8.01. The van der Waals surface area contributed by atoms with Crippen LogP contribution in [0.5, 0.6) is 5.75 Å². The Morgan fingerprint density at radius 3 is 2.92 bits per heavy atom. The summed E-state index contributed by atoms with van der Waals surface area (Å²) in [5.74, 6) is 0.169. The van der Waals surface area contributed by atoms with E-state index >= 15 is 0 Å². The lowest BCUT2D eigenvalue weighted by atomic mass is 10.1. The number of benzene rings is 1. The van der Waals surface area contributed by atoms with Gasteiger partial charge >= 0.3 is 5.97 Å². The van der Waals surface area contributed by atoms with Gasteiger partial charge in [-0.3, -0.25) is 0 Å². The van der Waals surface area contributed by atoms with E-state index in [4.69, 9.17) is 9.84 Å². The van der Waals surface area contributed by atoms with Crippen molar-refractivity contribution in [2.75, 3.05) is 6.61 Å². The standard InChI is InChI=1S/C10H8O3/c11-6-5-8-7-3-1-2-4-9(7)13-10(8)12/h1-5,11H,6H2/b8-5+. The molecular weight excluding hydrogens is 168 g/mol. The van der Waals surface area contributed by atoms with Gasteiger partial charge in [0, 0.05) is 5.56 Å². The molecule has 0 amide bonds. The van der Waals surface area contributed by atoms with Crippen molar-refractivity contribution >= 4 is 11.5 Å². The topological polar surface area (TPSA) is 46.5 Å². The van der Waals surface area contributed by atoms with Gasteiger partial charge in [0.1, 0.15) is 5.75 Å². The van der Waals surface area contributed by atoms with Crippen molar-refractivity contribution in [3.63, 3.8) is 0 Å². The molecule has 0 bridgehead atoms. The van der Waals surface area contributed by atoms with Gasteiger partial charge in [0.25, 0.3) is 0 Å². The van der Waals surface area contributed by atoms with Crippen LogP contribution in [-0.2, 0) is 4.79 Å². The van der Waals surface area contributed by atoms with Crippen LogP contribution >= 0.6 is 0 Å². The van der Waals surface area contributed by atoms with Gasteiger partial charge in [-0.25, -0.2) is 4.79 Å². The molecular formula is C10H8O3. The van der Waals surface area contributed by atoms with Crippen LogP contribution in [0.1, 0.15) is 5.56 Å². The maximum atomic E-state index is 11.2. The second-order valence-electron chi connectivity index (χ2n) is 2.69. The lowest BCUT2D eigenvalue weighted by molar-refractivity contribution is -0.127. The number of rotatable bonds is 1. The fraction of sp³-hybridized carbons (Fsp3) is 0.100. The molecule has 1 N–H and O–H groups in total. The third-order valence-electron chi connectivity index (χ3n) is 1.90. The van der Waals surface area contributed by atoms with Gasteiger partial charge in [-0.1, -0.05) is 18.2 Å². The van der Waals surface area contributed by atoms with E-state index in [1.807, 2.05) is 6.07 Å². The van der Waals surface area contributed by atoms with E-state index in [2.05, 4.69) is 0 Å². The van der Waals surface area contributed by atoms with E-state index in [1.165, 1.54) is 6.08 Å². The summed E-state index contributed by atoms with van der Waals surface area (Å²) in [6.45, 7) is -0.154. The second kappa shape index (κ2) is 3.03. The Kier molecular flexibility index (Phi) is 1.87. The molecule has 66 valence electrons. The van der Waals surface area contributed by atoms with Crippen LogP contribution in [0.2, 0.25) is 0 Å². The molecule has 13 heavy (non-hydrogen) atoms. The third kappa shape index (κ3) is 1.23. The fourth-order valence-corrected chi connectivity index (χ4v) is 1.33. The average molecular weight is 176 g/mol. The van der Waals surface area contributed by atoms with Gasteiger partial charge < -0.3 is 9.84 Å². The number of aliphatic hydroxyl groups excluding tert-OH is 1. The molecule has 1 aromatic carbocycles. The number of carbonyl (C=O) groups is 1. The van der Waals surface area contributed by atoms with Crippen LogP contribution in [0.4, 0.5) is 0 Å². The van der Waals surface area contributed by atoms with Crippen molar-refractivity contribution in [3.05, 3.63) is 35.9 Å². The predicted octanol–water partition coefficient (Wildman–Crippen LogP) is 0.981. The lowest BCUT2D eigenvalue weighted by Gasteiger charge is -1.92.